The maximum atomic E-state index is 4.91. The second kappa shape index (κ2) is 11.3. The molecule has 3 atom stereocenters. The molecule has 6 rings (SSSR count). The number of benzene rings is 3. The number of hydrogen-bond donors (Lipinski definition) is 3. The lowest BCUT2D eigenvalue weighted by molar-refractivity contribution is 0.387. The summed E-state index contributed by atoms with van der Waals surface area (Å²) in [6, 6.07) is 32.8. The van der Waals surface area contributed by atoms with Crippen LogP contribution >= 0.6 is 0 Å². The van der Waals surface area contributed by atoms with Crippen LogP contribution in [-0.4, -0.2) is 15.0 Å². The molecule has 0 radical (unpaired) electrons. The van der Waals surface area contributed by atoms with Gasteiger partial charge < -0.3 is 15.6 Å². The van der Waals surface area contributed by atoms with Crippen molar-refractivity contribution in [3.8, 4) is 0 Å². The van der Waals surface area contributed by atoms with Crippen LogP contribution in [0.15, 0.2) is 97.2 Å². The fourth-order valence-electron chi connectivity index (χ4n) is 5.63. The van der Waals surface area contributed by atoms with Crippen LogP contribution in [0.25, 0.3) is 11.0 Å². The standard InChI is InChI=1S/C33H35N5/c1-23(25-11-3-2-4-12-25)35-22-24-10-7-14-27(20-24)31(21-32-37-28-16-5-6-17-29(28)38-32)36-30-18-8-13-26-15-9-19-34-33(26)30/h2-7,9-12,14-17,19-20,23,30-31,35-36H,8,13,18,21-22H2,1H3,(H,37,38). The topological polar surface area (TPSA) is 65.6 Å². The van der Waals surface area contributed by atoms with Crippen molar-refractivity contribution in [2.24, 2.45) is 0 Å². The number of H-pyrrole nitrogens is 1. The first-order valence-corrected chi connectivity index (χ1v) is 13.7. The number of aromatic amines is 1. The van der Waals surface area contributed by atoms with Crippen LogP contribution < -0.4 is 10.6 Å². The summed E-state index contributed by atoms with van der Waals surface area (Å²) < 4.78 is 0. The summed E-state index contributed by atoms with van der Waals surface area (Å²) in [5.41, 5.74) is 8.52. The Balaban J connectivity index is 1.26. The second-order valence-electron chi connectivity index (χ2n) is 10.4. The van der Waals surface area contributed by atoms with Crippen molar-refractivity contribution >= 4 is 11.0 Å². The second-order valence-corrected chi connectivity index (χ2v) is 10.4. The highest BCUT2D eigenvalue weighted by molar-refractivity contribution is 5.74. The van der Waals surface area contributed by atoms with Gasteiger partial charge in [0.1, 0.15) is 5.82 Å². The quantitative estimate of drug-likeness (QED) is 0.209. The molecule has 0 spiro atoms. The number of para-hydroxylation sites is 2. The molecule has 0 fully saturated rings. The molecule has 2 heterocycles. The average molecular weight is 502 g/mol. The molecule has 0 amide bonds. The van der Waals surface area contributed by atoms with E-state index in [0.29, 0.717) is 0 Å². The molecular weight excluding hydrogens is 466 g/mol. The van der Waals surface area contributed by atoms with Crippen LogP contribution in [0.3, 0.4) is 0 Å². The molecule has 3 aromatic carbocycles. The van der Waals surface area contributed by atoms with Crippen LogP contribution in [0.1, 0.15) is 71.7 Å². The van der Waals surface area contributed by atoms with Gasteiger partial charge in [-0.15, -0.1) is 0 Å². The summed E-state index contributed by atoms with van der Waals surface area (Å²) in [7, 11) is 0. The minimum atomic E-state index is 0.111. The van der Waals surface area contributed by atoms with Crippen LogP contribution in [-0.2, 0) is 19.4 Å². The molecule has 5 heteroatoms. The normalized spacial score (nSPS) is 16.7. The van der Waals surface area contributed by atoms with E-state index in [1.54, 1.807) is 0 Å². The maximum Gasteiger partial charge on any atom is 0.109 e. The van der Waals surface area contributed by atoms with Crippen molar-refractivity contribution < 1.29 is 0 Å². The molecule has 3 unspecified atom stereocenters. The number of imidazole rings is 1. The minimum Gasteiger partial charge on any atom is -0.342 e. The van der Waals surface area contributed by atoms with E-state index < -0.39 is 0 Å². The molecule has 3 N–H and O–H groups in total. The van der Waals surface area contributed by atoms with Crippen LogP contribution in [0.2, 0.25) is 0 Å². The first kappa shape index (κ1) is 24.5. The van der Waals surface area contributed by atoms with Crippen molar-refractivity contribution in [3.05, 3.63) is 131 Å². The predicted octanol–water partition coefficient (Wildman–Crippen LogP) is 6.76. The predicted molar refractivity (Wildman–Crippen MR) is 154 cm³/mol. The van der Waals surface area contributed by atoms with Crippen LogP contribution in [0, 0.1) is 0 Å². The van der Waals surface area contributed by atoms with Crippen molar-refractivity contribution in [2.45, 2.75) is 57.3 Å². The van der Waals surface area contributed by atoms with Gasteiger partial charge in [-0.3, -0.25) is 4.98 Å². The van der Waals surface area contributed by atoms with E-state index in [4.69, 9.17) is 9.97 Å². The third kappa shape index (κ3) is 5.54. The molecule has 0 saturated carbocycles. The van der Waals surface area contributed by atoms with Gasteiger partial charge >= 0.3 is 0 Å². The highest BCUT2D eigenvalue weighted by Crippen LogP contribution is 2.31. The molecule has 1 aliphatic rings. The third-order valence-corrected chi connectivity index (χ3v) is 7.70. The summed E-state index contributed by atoms with van der Waals surface area (Å²) in [6.45, 7) is 3.04. The van der Waals surface area contributed by atoms with E-state index in [9.17, 15) is 0 Å². The molecule has 0 saturated heterocycles. The molecule has 5 nitrogen and oxygen atoms in total. The summed E-state index contributed by atoms with van der Waals surface area (Å²) in [6.07, 6.45) is 6.08. The first-order valence-electron chi connectivity index (χ1n) is 13.7. The van der Waals surface area contributed by atoms with E-state index in [2.05, 4.69) is 107 Å². The van der Waals surface area contributed by atoms with Gasteiger partial charge in [0.15, 0.2) is 0 Å². The van der Waals surface area contributed by atoms with Crippen molar-refractivity contribution in [1.29, 1.82) is 0 Å². The number of aromatic nitrogens is 3. The highest BCUT2D eigenvalue weighted by Gasteiger charge is 2.25. The number of fused-ring (bicyclic) bond motifs is 2. The molecule has 5 aromatic rings. The Morgan fingerprint density at radius 3 is 2.66 bits per heavy atom. The largest absolute Gasteiger partial charge is 0.342 e. The molecule has 1 aliphatic carbocycles. The maximum absolute atomic E-state index is 4.91. The Hall–Kier alpha value is -3.80. The molecule has 192 valence electrons. The van der Waals surface area contributed by atoms with E-state index in [-0.39, 0.29) is 18.1 Å². The van der Waals surface area contributed by atoms with Gasteiger partial charge in [-0.2, -0.15) is 0 Å². The first-order chi connectivity index (χ1) is 18.7. The molecular formula is C33H35N5. The van der Waals surface area contributed by atoms with Gasteiger partial charge in [-0.05, 0) is 66.6 Å². The van der Waals surface area contributed by atoms with Gasteiger partial charge in [0.05, 0.1) is 22.8 Å². The number of pyridine rings is 1. The zero-order valence-electron chi connectivity index (χ0n) is 21.9. The fraction of sp³-hybridized carbons (Fsp3) is 0.273. The van der Waals surface area contributed by atoms with Crippen molar-refractivity contribution in [1.82, 2.24) is 25.6 Å². The zero-order valence-corrected chi connectivity index (χ0v) is 21.9. The molecule has 0 bridgehead atoms. The smallest absolute Gasteiger partial charge is 0.109 e. The summed E-state index contributed by atoms with van der Waals surface area (Å²) in [5.74, 6) is 1.00. The monoisotopic (exact) mass is 501 g/mol. The minimum absolute atomic E-state index is 0.111. The zero-order chi connectivity index (χ0) is 25.7. The van der Waals surface area contributed by atoms with Crippen molar-refractivity contribution in [3.63, 3.8) is 0 Å². The fourth-order valence-corrected chi connectivity index (χ4v) is 5.63. The van der Waals surface area contributed by atoms with Crippen LogP contribution in [0.4, 0.5) is 0 Å². The summed E-state index contributed by atoms with van der Waals surface area (Å²) in [5, 5.41) is 7.69. The van der Waals surface area contributed by atoms with Gasteiger partial charge in [0, 0.05) is 31.2 Å². The van der Waals surface area contributed by atoms with Crippen LogP contribution in [0.5, 0.6) is 0 Å². The number of rotatable bonds is 9. The number of nitrogens with one attached hydrogen (secondary N) is 3. The number of nitrogens with zero attached hydrogens (tertiary/aromatic N) is 2. The average Bonchev–Trinajstić information content (AvgIpc) is 3.39. The Kier molecular flexibility index (Phi) is 7.29. The SMILES string of the molecule is CC(NCc1cccc(C(Cc2nc3ccccc3[nH]2)NC2CCCc3cccnc32)c1)c1ccccc1. The Morgan fingerprint density at radius 2 is 1.76 bits per heavy atom. The Morgan fingerprint density at radius 1 is 0.921 bits per heavy atom. The lowest BCUT2D eigenvalue weighted by Crippen LogP contribution is -2.31. The molecule has 38 heavy (non-hydrogen) atoms. The lowest BCUT2D eigenvalue weighted by atomic mass is 9.90. The Bertz CT molecular complexity index is 1460. The third-order valence-electron chi connectivity index (χ3n) is 7.70. The van der Waals surface area contributed by atoms with Gasteiger partial charge in [0.25, 0.3) is 0 Å². The number of aryl methyl sites for hydroxylation is 1. The summed E-state index contributed by atoms with van der Waals surface area (Å²) >= 11 is 0. The van der Waals surface area contributed by atoms with E-state index >= 15 is 0 Å². The Labute approximate surface area is 224 Å². The summed E-state index contributed by atoms with van der Waals surface area (Å²) in [4.78, 5) is 13.2. The van der Waals surface area contributed by atoms with E-state index in [1.165, 1.54) is 34.4 Å². The highest BCUT2D eigenvalue weighted by atomic mass is 15.0. The van der Waals surface area contributed by atoms with Gasteiger partial charge in [-0.25, -0.2) is 4.98 Å². The lowest BCUT2D eigenvalue weighted by Gasteiger charge is -2.30. The van der Waals surface area contributed by atoms with E-state index in [1.807, 2.05) is 12.3 Å². The van der Waals surface area contributed by atoms with Crippen molar-refractivity contribution in [2.75, 3.05) is 0 Å². The number of hydrogen-bond acceptors (Lipinski definition) is 4. The van der Waals surface area contributed by atoms with Gasteiger partial charge in [-0.1, -0.05) is 72.8 Å². The van der Waals surface area contributed by atoms with Gasteiger partial charge in [0.2, 0.25) is 0 Å². The molecule has 2 aromatic heterocycles. The van der Waals surface area contributed by atoms with E-state index in [0.717, 1.165) is 42.7 Å². The molecule has 0 aliphatic heterocycles.